The maximum Gasteiger partial charge on any atom is 0.339 e. The number of anilines is 1. The Bertz CT molecular complexity index is 1280. The normalized spacial score (nSPS) is 14.0. The quantitative estimate of drug-likeness (QED) is 0.195. The Morgan fingerprint density at radius 2 is 1.55 bits per heavy atom. The topological polar surface area (TPSA) is 117 Å². The summed E-state index contributed by atoms with van der Waals surface area (Å²) in [6.45, 7) is 0. The van der Waals surface area contributed by atoms with Crippen molar-refractivity contribution >= 4 is 23.3 Å². The third-order valence-electron chi connectivity index (χ3n) is 6.40. The second kappa shape index (κ2) is 12.7. The molecule has 0 heterocycles. The SMILES string of the molecule is COC(=O)c1ccccc1NC(=O)c1ccc(Oc2ccc(OC3CCCCCCC3)cc2)c([N+](=O)[O-])c1. The van der Waals surface area contributed by atoms with E-state index < -0.39 is 16.8 Å². The first-order valence-corrected chi connectivity index (χ1v) is 12.7. The van der Waals surface area contributed by atoms with Crippen molar-refractivity contribution < 1.29 is 28.7 Å². The van der Waals surface area contributed by atoms with Gasteiger partial charge in [0.15, 0.2) is 0 Å². The number of benzene rings is 3. The zero-order valence-electron chi connectivity index (χ0n) is 21.2. The summed E-state index contributed by atoms with van der Waals surface area (Å²) in [5, 5.41) is 14.4. The Hall–Kier alpha value is -4.40. The van der Waals surface area contributed by atoms with Crippen molar-refractivity contribution in [1.29, 1.82) is 0 Å². The van der Waals surface area contributed by atoms with E-state index >= 15 is 0 Å². The second-order valence-corrected chi connectivity index (χ2v) is 9.09. The number of nitro benzene ring substituents is 1. The number of amides is 1. The minimum atomic E-state index is -0.619. The highest BCUT2D eigenvalue weighted by atomic mass is 16.6. The molecule has 1 fully saturated rings. The fraction of sp³-hybridized carbons (Fsp3) is 0.310. The minimum Gasteiger partial charge on any atom is -0.490 e. The monoisotopic (exact) mass is 518 g/mol. The molecule has 38 heavy (non-hydrogen) atoms. The van der Waals surface area contributed by atoms with E-state index in [1.807, 2.05) is 0 Å². The number of ether oxygens (including phenoxy) is 3. The average molecular weight is 519 g/mol. The highest BCUT2D eigenvalue weighted by Crippen LogP contribution is 2.33. The molecule has 1 N–H and O–H groups in total. The molecule has 198 valence electrons. The molecule has 0 saturated heterocycles. The summed E-state index contributed by atoms with van der Waals surface area (Å²) in [5.74, 6) is -0.0994. The highest BCUT2D eigenvalue weighted by molar-refractivity contribution is 6.08. The zero-order chi connectivity index (χ0) is 26.9. The summed E-state index contributed by atoms with van der Waals surface area (Å²) in [4.78, 5) is 36.0. The lowest BCUT2D eigenvalue weighted by atomic mass is 9.98. The van der Waals surface area contributed by atoms with Gasteiger partial charge in [-0.05, 0) is 74.2 Å². The van der Waals surface area contributed by atoms with Crippen LogP contribution >= 0.6 is 0 Å². The van der Waals surface area contributed by atoms with Gasteiger partial charge in [0.1, 0.15) is 11.5 Å². The predicted octanol–water partition coefficient (Wildman–Crippen LogP) is 6.92. The van der Waals surface area contributed by atoms with Gasteiger partial charge >= 0.3 is 11.7 Å². The molecule has 0 unspecified atom stereocenters. The third-order valence-corrected chi connectivity index (χ3v) is 6.40. The van der Waals surface area contributed by atoms with Gasteiger partial charge in [0.05, 0.1) is 29.4 Å². The number of carbonyl (C=O) groups excluding carboxylic acids is 2. The number of hydrogen-bond acceptors (Lipinski definition) is 7. The van der Waals surface area contributed by atoms with Crippen molar-refractivity contribution in [2.75, 3.05) is 12.4 Å². The molecule has 9 heteroatoms. The van der Waals surface area contributed by atoms with E-state index in [2.05, 4.69) is 5.32 Å². The highest BCUT2D eigenvalue weighted by Gasteiger charge is 2.21. The van der Waals surface area contributed by atoms with Crippen LogP contribution in [0.15, 0.2) is 66.7 Å². The summed E-state index contributed by atoms with van der Waals surface area (Å²) in [6, 6.07) is 17.3. The second-order valence-electron chi connectivity index (χ2n) is 9.09. The molecule has 0 spiro atoms. The molecular formula is C29H30N2O7. The van der Waals surface area contributed by atoms with Crippen LogP contribution in [0.4, 0.5) is 11.4 Å². The first-order chi connectivity index (χ1) is 18.4. The van der Waals surface area contributed by atoms with Crippen LogP contribution in [0, 0.1) is 10.1 Å². The van der Waals surface area contributed by atoms with Crippen molar-refractivity contribution in [2.45, 2.75) is 51.0 Å². The molecule has 9 nitrogen and oxygen atoms in total. The summed E-state index contributed by atoms with van der Waals surface area (Å²) in [5.41, 5.74) is 0.0641. The number of nitrogens with one attached hydrogen (secondary N) is 1. The van der Waals surface area contributed by atoms with Crippen molar-refractivity contribution in [3.05, 3.63) is 88.0 Å². The van der Waals surface area contributed by atoms with E-state index in [4.69, 9.17) is 14.2 Å². The van der Waals surface area contributed by atoms with Crippen LogP contribution < -0.4 is 14.8 Å². The standard InChI is InChI=1S/C29H30N2O7/c1-36-29(33)24-11-7-8-12-25(24)30-28(32)20-13-18-27(26(19-20)31(34)35)38-23-16-14-22(15-17-23)37-21-9-5-3-2-4-6-10-21/h7-8,11-19,21H,2-6,9-10H2,1H3,(H,30,32). The lowest BCUT2D eigenvalue weighted by Crippen LogP contribution is -2.17. The van der Waals surface area contributed by atoms with E-state index in [0.717, 1.165) is 24.7 Å². The molecule has 0 bridgehead atoms. The first kappa shape index (κ1) is 26.7. The summed E-state index contributed by atoms with van der Waals surface area (Å²) >= 11 is 0. The predicted molar refractivity (Wildman–Crippen MR) is 142 cm³/mol. The Morgan fingerprint density at radius 1 is 0.895 bits per heavy atom. The zero-order valence-corrected chi connectivity index (χ0v) is 21.2. The molecular weight excluding hydrogens is 488 g/mol. The largest absolute Gasteiger partial charge is 0.490 e. The fourth-order valence-electron chi connectivity index (χ4n) is 4.40. The van der Waals surface area contributed by atoms with E-state index in [1.54, 1.807) is 42.5 Å². The van der Waals surface area contributed by atoms with E-state index in [-0.39, 0.29) is 34.4 Å². The van der Waals surface area contributed by atoms with Crippen LogP contribution in [-0.2, 0) is 4.74 Å². The van der Waals surface area contributed by atoms with Gasteiger partial charge in [0.25, 0.3) is 5.91 Å². The molecule has 3 aromatic rings. The molecule has 0 atom stereocenters. The number of para-hydroxylation sites is 1. The van der Waals surface area contributed by atoms with Gasteiger partial charge in [-0.2, -0.15) is 0 Å². The lowest BCUT2D eigenvalue weighted by molar-refractivity contribution is -0.385. The summed E-state index contributed by atoms with van der Waals surface area (Å²) in [6.07, 6.45) is 8.39. The molecule has 1 amide bonds. The van der Waals surface area contributed by atoms with E-state index in [0.29, 0.717) is 5.75 Å². The fourth-order valence-corrected chi connectivity index (χ4v) is 4.40. The lowest BCUT2D eigenvalue weighted by Gasteiger charge is -2.21. The molecule has 0 aliphatic heterocycles. The van der Waals surface area contributed by atoms with Crippen molar-refractivity contribution in [3.8, 4) is 17.2 Å². The van der Waals surface area contributed by atoms with Crippen LogP contribution in [0.5, 0.6) is 17.2 Å². The maximum atomic E-state index is 12.8. The third kappa shape index (κ3) is 6.88. The molecule has 4 rings (SSSR count). The maximum absolute atomic E-state index is 12.8. The smallest absolute Gasteiger partial charge is 0.339 e. The van der Waals surface area contributed by atoms with E-state index in [1.165, 1.54) is 57.4 Å². The molecule has 0 aromatic heterocycles. The molecule has 1 saturated carbocycles. The van der Waals surface area contributed by atoms with Crippen molar-refractivity contribution in [3.63, 3.8) is 0 Å². The molecule has 0 radical (unpaired) electrons. The Labute approximate surface area is 220 Å². The number of carbonyl (C=O) groups is 2. The minimum absolute atomic E-state index is 0.00445. The number of nitro groups is 1. The van der Waals surface area contributed by atoms with E-state index in [9.17, 15) is 19.7 Å². The van der Waals surface area contributed by atoms with Gasteiger partial charge in [-0.3, -0.25) is 14.9 Å². The van der Waals surface area contributed by atoms with Gasteiger partial charge in [-0.25, -0.2) is 4.79 Å². The van der Waals surface area contributed by atoms with Crippen LogP contribution in [0.3, 0.4) is 0 Å². The van der Waals surface area contributed by atoms with Crippen LogP contribution in [0.25, 0.3) is 0 Å². The van der Waals surface area contributed by atoms with Gasteiger partial charge in [-0.15, -0.1) is 0 Å². The molecule has 3 aromatic carbocycles. The molecule has 1 aliphatic rings. The first-order valence-electron chi connectivity index (χ1n) is 12.7. The summed E-state index contributed by atoms with van der Waals surface area (Å²) in [7, 11) is 1.24. The molecule has 1 aliphatic carbocycles. The average Bonchev–Trinajstić information content (AvgIpc) is 2.91. The number of hydrogen-bond donors (Lipinski definition) is 1. The Kier molecular flexibility index (Phi) is 8.92. The van der Waals surface area contributed by atoms with Crippen LogP contribution in [0.2, 0.25) is 0 Å². The number of rotatable bonds is 8. The van der Waals surface area contributed by atoms with Crippen LogP contribution in [0.1, 0.15) is 65.7 Å². The number of esters is 1. The van der Waals surface area contributed by atoms with Gasteiger partial charge in [0.2, 0.25) is 5.75 Å². The van der Waals surface area contributed by atoms with Gasteiger partial charge in [0, 0.05) is 11.6 Å². The number of methoxy groups -OCH3 is 1. The Balaban J connectivity index is 1.46. The van der Waals surface area contributed by atoms with Gasteiger partial charge < -0.3 is 19.5 Å². The van der Waals surface area contributed by atoms with Crippen molar-refractivity contribution in [1.82, 2.24) is 0 Å². The number of nitrogens with zero attached hydrogens (tertiary/aromatic N) is 1. The van der Waals surface area contributed by atoms with Crippen LogP contribution in [-0.4, -0.2) is 30.0 Å². The Morgan fingerprint density at radius 3 is 2.24 bits per heavy atom. The van der Waals surface area contributed by atoms with Gasteiger partial charge in [-0.1, -0.05) is 31.4 Å². The summed E-state index contributed by atoms with van der Waals surface area (Å²) < 4.78 is 16.7. The van der Waals surface area contributed by atoms with Crippen molar-refractivity contribution in [2.24, 2.45) is 0 Å².